The predicted molar refractivity (Wildman–Crippen MR) is 95.5 cm³/mol. The van der Waals surface area contributed by atoms with Crippen LogP contribution in [-0.4, -0.2) is 25.3 Å². The fourth-order valence-electron chi connectivity index (χ4n) is 2.39. The van der Waals surface area contributed by atoms with Gasteiger partial charge in [0.2, 0.25) is 0 Å². The molecule has 132 valence electrons. The van der Waals surface area contributed by atoms with Crippen LogP contribution in [0.25, 0.3) is 6.08 Å². The highest BCUT2D eigenvalue weighted by Crippen LogP contribution is 2.27. The van der Waals surface area contributed by atoms with Crippen molar-refractivity contribution in [3.8, 4) is 11.5 Å². The number of nitrogens with one attached hydrogen (secondary N) is 2. The van der Waals surface area contributed by atoms with E-state index in [1.807, 2.05) is 42.5 Å². The van der Waals surface area contributed by atoms with Crippen molar-refractivity contribution in [3.63, 3.8) is 0 Å². The number of methoxy groups -OCH3 is 2. The highest BCUT2D eigenvalue weighted by molar-refractivity contribution is 5.90. The second-order valence-corrected chi connectivity index (χ2v) is 5.30. The van der Waals surface area contributed by atoms with Gasteiger partial charge in [-0.1, -0.05) is 30.3 Å². The molecule has 0 heterocycles. The summed E-state index contributed by atoms with van der Waals surface area (Å²) in [7, 11) is 3.28. The summed E-state index contributed by atoms with van der Waals surface area (Å²) in [6.07, 6.45) is 2.89. The number of rotatable bonds is 8. The van der Waals surface area contributed by atoms with E-state index in [1.54, 1.807) is 25.8 Å². The Balaban J connectivity index is 1.94. The molecule has 0 aliphatic carbocycles. The van der Waals surface area contributed by atoms with Gasteiger partial charge in [-0.05, 0) is 29.3 Å². The minimum absolute atomic E-state index is 0.559. The second kappa shape index (κ2) is 9.46. The first-order valence-corrected chi connectivity index (χ1v) is 7.79. The van der Waals surface area contributed by atoms with Crippen LogP contribution in [0.1, 0.15) is 16.7 Å². The maximum absolute atomic E-state index is 11.0. The van der Waals surface area contributed by atoms with Crippen molar-refractivity contribution < 1.29 is 19.5 Å². The minimum atomic E-state index is -0.559. The van der Waals surface area contributed by atoms with Gasteiger partial charge in [0.1, 0.15) is 11.5 Å². The maximum Gasteiger partial charge on any atom is 0.267 e. The van der Waals surface area contributed by atoms with Gasteiger partial charge in [0.15, 0.2) is 0 Å². The Kier molecular flexibility index (Phi) is 7.00. The fourth-order valence-corrected chi connectivity index (χ4v) is 2.39. The number of hydrogen-bond acceptors (Lipinski definition) is 5. The summed E-state index contributed by atoms with van der Waals surface area (Å²) in [6.45, 7) is 1.30. The molecule has 2 aromatic rings. The Morgan fingerprint density at radius 3 is 2.24 bits per heavy atom. The van der Waals surface area contributed by atoms with Gasteiger partial charge in [0.05, 0.1) is 14.2 Å². The smallest absolute Gasteiger partial charge is 0.267 e. The van der Waals surface area contributed by atoms with Gasteiger partial charge in [-0.25, -0.2) is 5.48 Å². The van der Waals surface area contributed by atoms with Gasteiger partial charge in [-0.2, -0.15) is 0 Å². The molecular formula is C19H22N2O4. The van der Waals surface area contributed by atoms with Gasteiger partial charge in [0, 0.05) is 24.7 Å². The molecule has 6 nitrogen and oxygen atoms in total. The average molecular weight is 342 g/mol. The molecule has 0 saturated heterocycles. The van der Waals surface area contributed by atoms with Gasteiger partial charge in [-0.3, -0.25) is 10.0 Å². The van der Waals surface area contributed by atoms with Gasteiger partial charge >= 0.3 is 0 Å². The van der Waals surface area contributed by atoms with Crippen LogP contribution < -0.4 is 20.3 Å². The Labute approximate surface area is 147 Å². The second-order valence-electron chi connectivity index (χ2n) is 5.30. The van der Waals surface area contributed by atoms with E-state index in [9.17, 15) is 4.79 Å². The first-order valence-electron chi connectivity index (χ1n) is 7.79. The molecule has 0 bridgehead atoms. The van der Waals surface area contributed by atoms with E-state index in [0.29, 0.717) is 13.1 Å². The number of amides is 1. The topological polar surface area (TPSA) is 79.8 Å². The minimum Gasteiger partial charge on any atom is -0.496 e. The summed E-state index contributed by atoms with van der Waals surface area (Å²) in [5, 5.41) is 11.8. The zero-order valence-corrected chi connectivity index (χ0v) is 14.3. The molecule has 0 fully saturated rings. The molecular weight excluding hydrogens is 320 g/mol. The molecule has 3 N–H and O–H groups in total. The lowest BCUT2D eigenvalue weighted by Crippen LogP contribution is -2.14. The van der Waals surface area contributed by atoms with Crippen LogP contribution in [0.5, 0.6) is 11.5 Å². The summed E-state index contributed by atoms with van der Waals surface area (Å²) in [5.74, 6) is 1.01. The molecule has 2 aromatic carbocycles. The van der Waals surface area contributed by atoms with Crippen molar-refractivity contribution in [1.82, 2.24) is 10.8 Å². The van der Waals surface area contributed by atoms with E-state index in [1.165, 1.54) is 6.08 Å². The highest BCUT2D eigenvalue weighted by atomic mass is 16.5. The molecule has 0 saturated carbocycles. The normalized spacial score (nSPS) is 10.7. The van der Waals surface area contributed by atoms with Crippen molar-refractivity contribution in [3.05, 3.63) is 65.2 Å². The molecule has 0 aliphatic rings. The SMILES string of the molecule is COc1cccc(OC)c1CNCc1ccc(/C=C/C(=O)NO)cc1. The van der Waals surface area contributed by atoms with E-state index in [2.05, 4.69) is 5.32 Å². The first-order chi connectivity index (χ1) is 12.2. The molecule has 6 heteroatoms. The van der Waals surface area contributed by atoms with E-state index >= 15 is 0 Å². The first kappa shape index (κ1) is 18.5. The number of benzene rings is 2. The molecule has 2 rings (SSSR count). The fraction of sp³-hybridized carbons (Fsp3) is 0.211. The third kappa shape index (κ3) is 5.34. The molecule has 0 aliphatic heterocycles. The van der Waals surface area contributed by atoms with Gasteiger partial charge < -0.3 is 14.8 Å². The summed E-state index contributed by atoms with van der Waals surface area (Å²) in [6, 6.07) is 13.5. The van der Waals surface area contributed by atoms with Crippen LogP contribution >= 0.6 is 0 Å². The Bertz CT molecular complexity index is 704. The molecule has 0 spiro atoms. The number of carbonyl (C=O) groups excluding carboxylic acids is 1. The van der Waals surface area contributed by atoms with Crippen molar-refractivity contribution >= 4 is 12.0 Å². The van der Waals surface area contributed by atoms with Crippen molar-refractivity contribution in [1.29, 1.82) is 0 Å². The summed E-state index contributed by atoms with van der Waals surface area (Å²) < 4.78 is 10.8. The maximum atomic E-state index is 11.0. The van der Waals surface area contributed by atoms with E-state index in [4.69, 9.17) is 14.7 Å². The van der Waals surface area contributed by atoms with Crippen LogP contribution in [0, 0.1) is 0 Å². The van der Waals surface area contributed by atoms with Crippen molar-refractivity contribution in [2.75, 3.05) is 14.2 Å². The highest BCUT2D eigenvalue weighted by Gasteiger charge is 2.09. The third-order valence-electron chi connectivity index (χ3n) is 3.68. The quantitative estimate of drug-likeness (QED) is 0.390. The van der Waals surface area contributed by atoms with Crippen LogP contribution in [0.2, 0.25) is 0 Å². The van der Waals surface area contributed by atoms with Crippen molar-refractivity contribution in [2.45, 2.75) is 13.1 Å². The largest absolute Gasteiger partial charge is 0.496 e. The Morgan fingerprint density at radius 1 is 1.04 bits per heavy atom. The number of hydroxylamine groups is 1. The number of carbonyl (C=O) groups is 1. The lowest BCUT2D eigenvalue weighted by molar-refractivity contribution is -0.124. The van der Waals surface area contributed by atoms with E-state index < -0.39 is 5.91 Å². The van der Waals surface area contributed by atoms with Gasteiger partial charge in [0.25, 0.3) is 5.91 Å². The van der Waals surface area contributed by atoms with Crippen LogP contribution in [0.3, 0.4) is 0 Å². The lowest BCUT2D eigenvalue weighted by Gasteiger charge is -2.13. The van der Waals surface area contributed by atoms with E-state index in [0.717, 1.165) is 28.2 Å². The molecule has 0 atom stereocenters. The van der Waals surface area contributed by atoms with Crippen LogP contribution in [-0.2, 0) is 17.9 Å². The zero-order chi connectivity index (χ0) is 18.1. The summed E-state index contributed by atoms with van der Waals surface area (Å²) in [5.41, 5.74) is 4.51. The molecule has 0 radical (unpaired) electrons. The summed E-state index contributed by atoms with van der Waals surface area (Å²) in [4.78, 5) is 11.0. The van der Waals surface area contributed by atoms with Crippen molar-refractivity contribution in [2.24, 2.45) is 0 Å². The van der Waals surface area contributed by atoms with Gasteiger partial charge in [-0.15, -0.1) is 0 Å². The zero-order valence-electron chi connectivity index (χ0n) is 14.3. The monoisotopic (exact) mass is 342 g/mol. The molecule has 0 unspecified atom stereocenters. The predicted octanol–water partition coefficient (Wildman–Crippen LogP) is 2.51. The number of ether oxygens (including phenoxy) is 2. The molecule has 25 heavy (non-hydrogen) atoms. The standard InChI is InChI=1S/C19H22N2O4/c1-24-17-4-3-5-18(25-2)16(17)13-20-12-15-8-6-14(7-9-15)10-11-19(22)21-23/h3-11,20,23H,12-13H2,1-2H3,(H,21,22)/b11-10+. The average Bonchev–Trinajstić information content (AvgIpc) is 2.67. The molecule has 0 aromatic heterocycles. The lowest BCUT2D eigenvalue weighted by atomic mass is 10.1. The number of hydrogen-bond donors (Lipinski definition) is 3. The molecule has 1 amide bonds. The van der Waals surface area contributed by atoms with Crippen LogP contribution in [0.15, 0.2) is 48.5 Å². The Hall–Kier alpha value is -2.83. The van der Waals surface area contributed by atoms with Crippen LogP contribution in [0.4, 0.5) is 0 Å². The van der Waals surface area contributed by atoms with E-state index in [-0.39, 0.29) is 0 Å². The third-order valence-corrected chi connectivity index (χ3v) is 3.68. The summed E-state index contributed by atoms with van der Waals surface area (Å²) >= 11 is 0. The Morgan fingerprint density at radius 2 is 1.68 bits per heavy atom.